The van der Waals surface area contributed by atoms with Gasteiger partial charge in [-0.2, -0.15) is 0 Å². The molecule has 102 valence electrons. The molecular formula is C15H14O4P+. The molecule has 0 bridgehead atoms. The lowest BCUT2D eigenvalue weighted by atomic mass is 10.0. The quantitative estimate of drug-likeness (QED) is 0.845. The second-order valence-electron chi connectivity index (χ2n) is 4.66. The van der Waals surface area contributed by atoms with Gasteiger partial charge >= 0.3 is 7.72 Å². The zero-order chi connectivity index (χ0) is 14.2. The van der Waals surface area contributed by atoms with Gasteiger partial charge in [0.25, 0.3) is 0 Å². The first-order chi connectivity index (χ1) is 9.64. The Morgan fingerprint density at radius 2 is 1.70 bits per heavy atom. The molecule has 1 aliphatic heterocycles. The minimum atomic E-state index is -3.07. The van der Waals surface area contributed by atoms with E-state index in [0.29, 0.717) is 11.1 Å². The molecule has 0 spiro atoms. The van der Waals surface area contributed by atoms with Crippen molar-refractivity contribution in [3.8, 4) is 16.9 Å². The number of carbonyl (C=O) groups is 1. The maximum Gasteiger partial charge on any atom is 0.357 e. The van der Waals surface area contributed by atoms with Crippen LogP contribution < -0.4 is 9.83 Å². The fraction of sp³-hybridized carbons (Fsp3) is 0.133. The van der Waals surface area contributed by atoms with E-state index in [4.69, 9.17) is 9.63 Å². The van der Waals surface area contributed by atoms with Crippen LogP contribution in [0.1, 0.15) is 0 Å². The Kier molecular flexibility index (Phi) is 3.30. The normalized spacial score (nSPS) is 19.7. The van der Waals surface area contributed by atoms with E-state index in [1.54, 1.807) is 12.1 Å². The molecule has 1 atom stereocenters. The lowest BCUT2D eigenvalue weighted by Gasteiger charge is -2.26. The van der Waals surface area contributed by atoms with E-state index in [1.807, 2.05) is 36.4 Å². The third-order valence-corrected chi connectivity index (χ3v) is 5.70. The number of fused-ring (bicyclic) bond motifs is 3. The van der Waals surface area contributed by atoms with Crippen LogP contribution in [0.2, 0.25) is 0 Å². The van der Waals surface area contributed by atoms with E-state index < -0.39 is 20.1 Å². The first-order valence-corrected chi connectivity index (χ1v) is 8.10. The van der Waals surface area contributed by atoms with Gasteiger partial charge in [-0.05, 0) is 12.1 Å². The fourth-order valence-corrected chi connectivity index (χ4v) is 4.68. The molecule has 1 heterocycles. The predicted octanol–water partition coefficient (Wildman–Crippen LogP) is 1.77. The molecule has 20 heavy (non-hydrogen) atoms. The monoisotopic (exact) mass is 289 g/mol. The molecule has 0 radical (unpaired) electrons. The summed E-state index contributed by atoms with van der Waals surface area (Å²) in [6, 6.07) is 14.8. The van der Waals surface area contributed by atoms with Crippen LogP contribution in [0.3, 0.4) is 0 Å². The highest BCUT2D eigenvalue weighted by Crippen LogP contribution is 2.60. The Hall–Kier alpha value is -1.74. The van der Waals surface area contributed by atoms with Gasteiger partial charge in [0.05, 0.1) is 0 Å². The Balaban J connectivity index is 2.15. The van der Waals surface area contributed by atoms with Crippen LogP contribution in [0, 0.1) is 0 Å². The average molecular weight is 289 g/mol. The summed E-state index contributed by atoms with van der Waals surface area (Å²) in [5, 5.41) is 9.58. The van der Waals surface area contributed by atoms with Crippen LogP contribution in [0.25, 0.3) is 11.1 Å². The fourth-order valence-electron chi connectivity index (χ4n) is 2.39. The molecule has 1 unspecified atom stereocenters. The van der Waals surface area contributed by atoms with Crippen molar-refractivity contribution in [1.82, 2.24) is 0 Å². The van der Waals surface area contributed by atoms with Crippen molar-refractivity contribution in [3.63, 3.8) is 0 Å². The maximum absolute atomic E-state index is 11.5. The molecular weight excluding hydrogens is 275 g/mol. The second-order valence-corrected chi connectivity index (χ2v) is 7.04. The molecule has 2 aromatic carbocycles. The van der Waals surface area contributed by atoms with Crippen molar-refractivity contribution in [2.24, 2.45) is 0 Å². The highest BCUT2D eigenvalue weighted by Gasteiger charge is 2.50. The molecule has 0 saturated carbocycles. The van der Waals surface area contributed by atoms with Crippen LogP contribution >= 0.6 is 7.72 Å². The SMILES string of the molecule is O=C(CO)C[P+]1(O)Oc2ccccc2-c2ccccc21. The smallest absolute Gasteiger partial charge is 0.357 e. The highest BCUT2D eigenvalue weighted by molar-refractivity contribution is 7.74. The number of carbonyl (C=O) groups excluding carboxylic acids is 1. The van der Waals surface area contributed by atoms with Gasteiger partial charge in [-0.1, -0.05) is 36.4 Å². The minimum absolute atomic E-state index is 0.172. The van der Waals surface area contributed by atoms with Gasteiger partial charge in [0.15, 0.2) is 17.2 Å². The van der Waals surface area contributed by atoms with Gasteiger partial charge in [-0.25, -0.2) is 4.89 Å². The van der Waals surface area contributed by atoms with E-state index in [1.165, 1.54) is 0 Å². The summed E-state index contributed by atoms with van der Waals surface area (Å²) in [6.07, 6.45) is -0.172. The molecule has 0 fully saturated rings. The number of benzene rings is 2. The van der Waals surface area contributed by atoms with E-state index in [2.05, 4.69) is 0 Å². The maximum atomic E-state index is 11.5. The summed E-state index contributed by atoms with van der Waals surface area (Å²) in [5.41, 5.74) is 1.79. The molecule has 3 rings (SSSR count). The summed E-state index contributed by atoms with van der Waals surface area (Å²) >= 11 is 0. The number of hydrogen-bond donors (Lipinski definition) is 2. The lowest BCUT2D eigenvalue weighted by molar-refractivity contribution is -0.119. The molecule has 2 aromatic rings. The molecule has 0 amide bonds. The molecule has 2 N–H and O–H groups in total. The molecule has 0 aromatic heterocycles. The lowest BCUT2D eigenvalue weighted by Crippen LogP contribution is -2.28. The summed E-state index contributed by atoms with van der Waals surface area (Å²) in [6.45, 7) is -0.588. The van der Waals surface area contributed by atoms with Crippen molar-refractivity contribution in [2.45, 2.75) is 0 Å². The van der Waals surface area contributed by atoms with Gasteiger partial charge < -0.3 is 9.63 Å². The number of hydrogen-bond acceptors (Lipinski definition) is 4. The zero-order valence-electron chi connectivity index (χ0n) is 10.7. The van der Waals surface area contributed by atoms with Gasteiger partial charge in [-0.3, -0.25) is 4.79 Å². The topological polar surface area (TPSA) is 66.8 Å². The minimum Gasteiger partial charge on any atom is -0.388 e. The van der Waals surface area contributed by atoms with E-state index in [9.17, 15) is 9.69 Å². The largest absolute Gasteiger partial charge is 0.388 e. The Morgan fingerprint density at radius 1 is 1.05 bits per heavy atom. The molecule has 5 heteroatoms. The summed E-state index contributed by atoms with van der Waals surface area (Å²) in [7, 11) is -3.07. The summed E-state index contributed by atoms with van der Waals surface area (Å²) in [4.78, 5) is 22.4. The highest BCUT2D eigenvalue weighted by atomic mass is 31.2. The molecule has 0 saturated heterocycles. The number of para-hydroxylation sites is 1. The first-order valence-electron chi connectivity index (χ1n) is 6.26. The Bertz CT molecular complexity index is 670. The van der Waals surface area contributed by atoms with Crippen LogP contribution in [-0.4, -0.2) is 28.6 Å². The van der Waals surface area contributed by atoms with Crippen LogP contribution in [0.4, 0.5) is 0 Å². The van der Waals surface area contributed by atoms with Gasteiger partial charge in [-0.15, -0.1) is 0 Å². The number of ketones is 1. The van der Waals surface area contributed by atoms with Crippen molar-refractivity contribution < 1.29 is 19.3 Å². The number of rotatable bonds is 3. The predicted molar refractivity (Wildman–Crippen MR) is 78.2 cm³/mol. The second kappa shape index (κ2) is 4.98. The Labute approximate surface area is 117 Å². The van der Waals surface area contributed by atoms with Gasteiger partial charge in [0.2, 0.25) is 5.78 Å². The van der Waals surface area contributed by atoms with Crippen molar-refractivity contribution in [2.75, 3.05) is 12.8 Å². The van der Waals surface area contributed by atoms with Crippen molar-refractivity contribution in [3.05, 3.63) is 48.5 Å². The number of aliphatic hydroxyl groups is 1. The standard InChI is InChI=1S/C15H14O4P/c16-9-11(17)10-20(18)15-8-4-2-6-13(15)12-5-1-3-7-14(12)19-20/h1-8,16,18H,9-10H2/q+1. The van der Waals surface area contributed by atoms with Crippen LogP contribution in [0.5, 0.6) is 5.75 Å². The molecule has 1 aliphatic rings. The van der Waals surface area contributed by atoms with Gasteiger partial charge in [0.1, 0.15) is 6.61 Å². The van der Waals surface area contributed by atoms with Gasteiger partial charge in [0, 0.05) is 11.1 Å². The number of aliphatic hydroxyl groups excluding tert-OH is 1. The molecule has 0 aliphatic carbocycles. The third-order valence-electron chi connectivity index (χ3n) is 3.27. The van der Waals surface area contributed by atoms with Crippen molar-refractivity contribution >= 4 is 18.8 Å². The number of Topliss-reactive ketones (excluding diaryl/α,β-unsaturated/α-hetero) is 1. The van der Waals surface area contributed by atoms with Crippen LogP contribution in [0.15, 0.2) is 48.5 Å². The zero-order valence-corrected chi connectivity index (χ0v) is 11.6. The molecule has 4 nitrogen and oxygen atoms in total. The average Bonchev–Trinajstić information content (AvgIpc) is 2.47. The van der Waals surface area contributed by atoms with E-state index >= 15 is 0 Å². The first kappa shape index (κ1) is 13.3. The summed E-state index contributed by atoms with van der Waals surface area (Å²) < 4.78 is 5.75. The summed E-state index contributed by atoms with van der Waals surface area (Å²) in [5.74, 6) is 0.155. The van der Waals surface area contributed by atoms with Crippen LogP contribution in [-0.2, 0) is 4.79 Å². The van der Waals surface area contributed by atoms with Crippen molar-refractivity contribution in [1.29, 1.82) is 0 Å². The van der Waals surface area contributed by atoms with E-state index in [-0.39, 0.29) is 6.16 Å². The van der Waals surface area contributed by atoms with E-state index in [0.717, 1.165) is 11.1 Å². The Morgan fingerprint density at radius 3 is 2.45 bits per heavy atom. The third kappa shape index (κ3) is 2.12.